The fourth-order valence-electron chi connectivity index (χ4n) is 2.88. The predicted octanol–water partition coefficient (Wildman–Crippen LogP) is 2.83. The summed E-state index contributed by atoms with van der Waals surface area (Å²) < 4.78 is 5.21. The molecule has 0 radical (unpaired) electrons. The Hall–Kier alpha value is -2.83. The van der Waals surface area contributed by atoms with Crippen molar-refractivity contribution in [1.82, 2.24) is 15.2 Å². The number of fused-ring (bicyclic) bond motifs is 1. The number of aromatic nitrogens is 1. The van der Waals surface area contributed by atoms with Crippen LogP contribution in [0.5, 0.6) is 0 Å². The lowest BCUT2D eigenvalue weighted by molar-refractivity contribution is -0.130. The molecule has 0 bridgehead atoms. The molecule has 2 aromatic rings. The molecular formula is C21H29N3O4. The van der Waals surface area contributed by atoms with Gasteiger partial charge in [-0.2, -0.15) is 0 Å². The Morgan fingerprint density at radius 1 is 1.25 bits per heavy atom. The fraction of sp³-hybridized carbons (Fsp3) is 0.476. The van der Waals surface area contributed by atoms with Crippen LogP contribution in [0.2, 0.25) is 0 Å². The van der Waals surface area contributed by atoms with E-state index >= 15 is 0 Å². The number of alkyl carbamates (subject to hydrolysis) is 1. The van der Waals surface area contributed by atoms with E-state index in [1.807, 2.05) is 37.3 Å². The molecule has 152 valence electrons. The number of hydrogen-bond acceptors (Lipinski definition) is 4. The third-order valence-corrected chi connectivity index (χ3v) is 4.18. The van der Waals surface area contributed by atoms with Gasteiger partial charge in [-0.25, -0.2) is 4.79 Å². The minimum absolute atomic E-state index is 0.0922. The molecule has 1 unspecified atom stereocenters. The van der Waals surface area contributed by atoms with E-state index in [9.17, 15) is 14.4 Å². The smallest absolute Gasteiger partial charge is 0.407 e. The van der Waals surface area contributed by atoms with Crippen molar-refractivity contribution >= 4 is 22.9 Å². The number of aryl methyl sites for hydroxylation is 1. The molecule has 2 amide bonds. The number of rotatable bonds is 6. The van der Waals surface area contributed by atoms with E-state index in [0.717, 1.165) is 10.9 Å². The second-order valence-corrected chi connectivity index (χ2v) is 8.03. The zero-order valence-corrected chi connectivity index (χ0v) is 17.2. The summed E-state index contributed by atoms with van der Waals surface area (Å²) in [7, 11) is 1.68. The summed E-state index contributed by atoms with van der Waals surface area (Å²) in [6.07, 6.45) is 0.0671. The number of para-hydroxylation sites is 1. The third-order valence-electron chi connectivity index (χ3n) is 4.18. The first-order chi connectivity index (χ1) is 13.0. The van der Waals surface area contributed by atoms with Gasteiger partial charge in [0.15, 0.2) is 0 Å². The Bertz CT molecular complexity index is 898. The monoisotopic (exact) mass is 387 g/mol. The molecule has 0 saturated heterocycles. The van der Waals surface area contributed by atoms with Gasteiger partial charge in [-0.05, 0) is 51.6 Å². The summed E-state index contributed by atoms with van der Waals surface area (Å²) in [5, 5.41) is 3.65. The average Bonchev–Trinajstić information content (AvgIpc) is 2.57. The highest BCUT2D eigenvalue weighted by molar-refractivity contribution is 5.79. The number of likely N-dealkylation sites (N-methyl/N-ethyl adjacent to an activating group) is 1. The van der Waals surface area contributed by atoms with Crippen LogP contribution in [0.15, 0.2) is 35.1 Å². The van der Waals surface area contributed by atoms with Crippen molar-refractivity contribution in [3.05, 3.63) is 46.2 Å². The molecule has 0 spiro atoms. The summed E-state index contributed by atoms with van der Waals surface area (Å²) in [6.45, 7) is 7.54. The highest BCUT2D eigenvalue weighted by Crippen LogP contribution is 2.11. The normalized spacial score (nSPS) is 12.5. The molecule has 1 aromatic heterocycles. The summed E-state index contributed by atoms with van der Waals surface area (Å²) in [5.41, 5.74) is 0.620. The minimum Gasteiger partial charge on any atom is -0.444 e. The molecular weight excluding hydrogens is 358 g/mol. The standard InChI is InChI=1S/C21H29N3O4/c1-14(22-20(27)28-21(2,3)4)13-24(5)18(25)11-10-16-12-15-8-6-7-9-17(15)23-19(16)26/h6-9,12,14H,10-11,13H2,1-5H3,(H,22,27)(H,23,26). The van der Waals surface area contributed by atoms with Crippen LogP contribution in [0.3, 0.4) is 0 Å². The maximum Gasteiger partial charge on any atom is 0.407 e. The molecule has 2 rings (SSSR count). The van der Waals surface area contributed by atoms with Crippen LogP contribution in [0.4, 0.5) is 4.79 Å². The van der Waals surface area contributed by atoms with Gasteiger partial charge < -0.3 is 19.9 Å². The van der Waals surface area contributed by atoms with Crippen LogP contribution in [0.1, 0.15) is 39.7 Å². The largest absolute Gasteiger partial charge is 0.444 e. The van der Waals surface area contributed by atoms with Crippen LogP contribution in [0, 0.1) is 0 Å². The number of hydrogen-bond donors (Lipinski definition) is 2. The Balaban J connectivity index is 1.88. The van der Waals surface area contributed by atoms with Crippen LogP contribution in [-0.4, -0.2) is 47.1 Å². The van der Waals surface area contributed by atoms with E-state index in [-0.39, 0.29) is 23.9 Å². The molecule has 2 N–H and O–H groups in total. The van der Waals surface area contributed by atoms with Gasteiger partial charge in [0.2, 0.25) is 5.91 Å². The first-order valence-electron chi connectivity index (χ1n) is 9.39. The summed E-state index contributed by atoms with van der Waals surface area (Å²) in [5.74, 6) is -0.0922. The molecule has 0 saturated carbocycles. The van der Waals surface area contributed by atoms with Crippen molar-refractivity contribution in [3.63, 3.8) is 0 Å². The van der Waals surface area contributed by atoms with Gasteiger partial charge in [-0.3, -0.25) is 9.59 Å². The molecule has 0 aliphatic heterocycles. The average molecular weight is 387 g/mol. The number of pyridine rings is 1. The SMILES string of the molecule is CC(CN(C)C(=O)CCc1cc2ccccc2[nH]c1=O)NC(=O)OC(C)(C)C. The topological polar surface area (TPSA) is 91.5 Å². The number of nitrogens with zero attached hydrogens (tertiary/aromatic N) is 1. The van der Waals surface area contributed by atoms with Crippen LogP contribution in [0.25, 0.3) is 10.9 Å². The van der Waals surface area contributed by atoms with Crippen LogP contribution >= 0.6 is 0 Å². The Labute approximate surface area is 165 Å². The van der Waals surface area contributed by atoms with Crippen molar-refractivity contribution < 1.29 is 14.3 Å². The minimum atomic E-state index is -0.571. The predicted molar refractivity (Wildman–Crippen MR) is 109 cm³/mol. The number of H-pyrrole nitrogens is 1. The zero-order chi connectivity index (χ0) is 20.9. The lowest BCUT2D eigenvalue weighted by Crippen LogP contribution is -2.44. The molecule has 0 aliphatic carbocycles. The van der Waals surface area contributed by atoms with Crippen LogP contribution < -0.4 is 10.9 Å². The van der Waals surface area contributed by atoms with Crippen molar-refractivity contribution in [2.75, 3.05) is 13.6 Å². The highest BCUT2D eigenvalue weighted by Gasteiger charge is 2.19. The van der Waals surface area contributed by atoms with Crippen molar-refractivity contribution in [1.29, 1.82) is 0 Å². The quantitative estimate of drug-likeness (QED) is 0.797. The van der Waals surface area contributed by atoms with Gasteiger partial charge in [0, 0.05) is 37.1 Å². The second-order valence-electron chi connectivity index (χ2n) is 8.03. The van der Waals surface area contributed by atoms with Crippen molar-refractivity contribution in [3.8, 4) is 0 Å². The van der Waals surface area contributed by atoms with Gasteiger partial charge in [0.25, 0.3) is 5.56 Å². The molecule has 0 fully saturated rings. The second kappa shape index (κ2) is 8.91. The number of nitrogens with one attached hydrogen (secondary N) is 2. The Kier molecular flexibility index (Phi) is 6.83. The van der Waals surface area contributed by atoms with E-state index in [4.69, 9.17) is 4.74 Å². The van der Waals surface area contributed by atoms with E-state index in [1.165, 1.54) is 0 Å². The molecule has 1 aromatic carbocycles. The first-order valence-corrected chi connectivity index (χ1v) is 9.39. The van der Waals surface area contributed by atoms with E-state index in [2.05, 4.69) is 10.3 Å². The molecule has 7 heteroatoms. The van der Waals surface area contributed by atoms with Crippen LogP contribution in [-0.2, 0) is 16.0 Å². The Morgan fingerprint density at radius 3 is 2.61 bits per heavy atom. The summed E-state index contributed by atoms with van der Waals surface area (Å²) in [4.78, 5) is 40.8. The number of ether oxygens (including phenoxy) is 1. The Morgan fingerprint density at radius 2 is 1.93 bits per heavy atom. The number of benzene rings is 1. The van der Waals surface area contributed by atoms with Crippen molar-refractivity contribution in [2.24, 2.45) is 0 Å². The molecule has 1 atom stereocenters. The lowest BCUT2D eigenvalue weighted by atomic mass is 10.1. The molecule has 0 aliphatic rings. The van der Waals surface area contributed by atoms with E-state index < -0.39 is 11.7 Å². The number of carbonyl (C=O) groups is 2. The van der Waals surface area contributed by atoms with Gasteiger partial charge >= 0.3 is 6.09 Å². The summed E-state index contributed by atoms with van der Waals surface area (Å²) in [6, 6.07) is 9.11. The maximum absolute atomic E-state index is 12.4. The van der Waals surface area contributed by atoms with Gasteiger partial charge in [0.1, 0.15) is 5.60 Å². The maximum atomic E-state index is 12.4. The van der Waals surface area contributed by atoms with Gasteiger partial charge in [-0.1, -0.05) is 18.2 Å². The molecule has 28 heavy (non-hydrogen) atoms. The number of amides is 2. The zero-order valence-electron chi connectivity index (χ0n) is 17.2. The van der Waals surface area contributed by atoms with Crippen molar-refractivity contribution in [2.45, 2.75) is 52.2 Å². The number of carbonyl (C=O) groups excluding carboxylic acids is 2. The highest BCUT2D eigenvalue weighted by atomic mass is 16.6. The summed E-state index contributed by atoms with van der Waals surface area (Å²) >= 11 is 0. The van der Waals surface area contributed by atoms with E-state index in [0.29, 0.717) is 18.5 Å². The lowest BCUT2D eigenvalue weighted by Gasteiger charge is -2.25. The van der Waals surface area contributed by atoms with Gasteiger partial charge in [-0.15, -0.1) is 0 Å². The first kappa shape index (κ1) is 21.5. The molecule has 7 nitrogen and oxygen atoms in total. The molecule has 1 heterocycles. The third kappa shape index (κ3) is 6.40. The fourth-order valence-corrected chi connectivity index (χ4v) is 2.88. The number of aromatic amines is 1. The van der Waals surface area contributed by atoms with Gasteiger partial charge in [0.05, 0.1) is 0 Å². The van der Waals surface area contributed by atoms with E-state index in [1.54, 1.807) is 32.7 Å².